The molecule has 2 heteroatoms. The maximum atomic E-state index is 5.34. The standard InChI is InChI=1S/C11H14N2/c1-4-11(2,3)13-9-10-7-5-6-8-12-10/h1,5-8,13H,9H2,2-3H3. The van der Waals surface area contributed by atoms with E-state index >= 15 is 0 Å². The molecule has 0 aromatic carbocycles. The van der Waals surface area contributed by atoms with Gasteiger partial charge in [0.05, 0.1) is 11.2 Å². The van der Waals surface area contributed by atoms with Crippen molar-refractivity contribution in [2.24, 2.45) is 0 Å². The van der Waals surface area contributed by atoms with Gasteiger partial charge in [-0.25, -0.2) is 0 Å². The van der Waals surface area contributed by atoms with Crippen LogP contribution in [0.1, 0.15) is 19.5 Å². The van der Waals surface area contributed by atoms with E-state index in [4.69, 9.17) is 6.42 Å². The highest BCUT2D eigenvalue weighted by atomic mass is 15.0. The fraction of sp³-hybridized carbons (Fsp3) is 0.364. The van der Waals surface area contributed by atoms with Crippen molar-refractivity contribution in [2.75, 3.05) is 0 Å². The highest BCUT2D eigenvalue weighted by Gasteiger charge is 2.11. The molecule has 1 heterocycles. The van der Waals surface area contributed by atoms with Crippen LogP contribution in [0.15, 0.2) is 24.4 Å². The number of hydrogen-bond acceptors (Lipinski definition) is 2. The van der Waals surface area contributed by atoms with Gasteiger partial charge in [0.15, 0.2) is 0 Å². The van der Waals surface area contributed by atoms with Crippen molar-refractivity contribution < 1.29 is 0 Å². The van der Waals surface area contributed by atoms with Gasteiger partial charge in [0, 0.05) is 12.7 Å². The molecule has 0 aliphatic carbocycles. The Morgan fingerprint density at radius 1 is 1.54 bits per heavy atom. The summed E-state index contributed by atoms with van der Waals surface area (Å²) < 4.78 is 0. The normalized spacial score (nSPS) is 10.8. The van der Waals surface area contributed by atoms with E-state index < -0.39 is 0 Å². The van der Waals surface area contributed by atoms with E-state index in [0.29, 0.717) is 6.54 Å². The van der Waals surface area contributed by atoms with E-state index in [-0.39, 0.29) is 5.54 Å². The molecule has 1 rings (SSSR count). The van der Waals surface area contributed by atoms with Crippen molar-refractivity contribution in [3.63, 3.8) is 0 Å². The van der Waals surface area contributed by atoms with E-state index in [2.05, 4.69) is 16.2 Å². The van der Waals surface area contributed by atoms with Gasteiger partial charge < -0.3 is 0 Å². The number of pyridine rings is 1. The zero-order valence-corrected chi connectivity index (χ0v) is 8.04. The summed E-state index contributed by atoms with van der Waals surface area (Å²) in [6, 6.07) is 5.84. The van der Waals surface area contributed by atoms with Crippen molar-refractivity contribution >= 4 is 0 Å². The molecule has 0 radical (unpaired) electrons. The smallest absolute Gasteiger partial charge is 0.0744 e. The van der Waals surface area contributed by atoms with Crippen LogP contribution in [0.2, 0.25) is 0 Å². The number of nitrogens with zero attached hydrogens (tertiary/aromatic N) is 1. The second-order valence-electron chi connectivity index (χ2n) is 3.44. The Balaban J connectivity index is 2.50. The fourth-order valence-corrected chi connectivity index (χ4v) is 0.865. The predicted octanol–water partition coefficient (Wildman–Crippen LogP) is 1.58. The largest absolute Gasteiger partial charge is 0.296 e. The summed E-state index contributed by atoms with van der Waals surface area (Å²) in [4.78, 5) is 4.19. The molecular formula is C11H14N2. The molecule has 0 saturated heterocycles. The minimum absolute atomic E-state index is 0.266. The maximum Gasteiger partial charge on any atom is 0.0744 e. The molecule has 1 aromatic heterocycles. The third kappa shape index (κ3) is 3.27. The Morgan fingerprint density at radius 2 is 2.31 bits per heavy atom. The first-order valence-electron chi connectivity index (χ1n) is 4.27. The van der Waals surface area contributed by atoms with Crippen molar-refractivity contribution in [3.05, 3.63) is 30.1 Å². The van der Waals surface area contributed by atoms with Crippen LogP contribution < -0.4 is 5.32 Å². The van der Waals surface area contributed by atoms with Gasteiger partial charge in [-0.05, 0) is 26.0 Å². The Morgan fingerprint density at radius 3 is 2.85 bits per heavy atom. The summed E-state index contributed by atoms with van der Waals surface area (Å²) in [5, 5.41) is 3.23. The van der Waals surface area contributed by atoms with Crippen LogP contribution in [0.5, 0.6) is 0 Å². The molecule has 13 heavy (non-hydrogen) atoms. The Kier molecular flexibility index (Phi) is 3.05. The molecule has 68 valence electrons. The first-order valence-corrected chi connectivity index (χ1v) is 4.27. The topological polar surface area (TPSA) is 24.9 Å². The molecule has 0 aliphatic heterocycles. The molecule has 0 amide bonds. The van der Waals surface area contributed by atoms with E-state index in [1.165, 1.54) is 0 Å². The minimum atomic E-state index is -0.266. The van der Waals surface area contributed by atoms with Gasteiger partial charge in [-0.15, -0.1) is 6.42 Å². The molecule has 1 N–H and O–H groups in total. The third-order valence-electron chi connectivity index (χ3n) is 1.80. The first-order chi connectivity index (χ1) is 6.14. The van der Waals surface area contributed by atoms with Crippen molar-refractivity contribution in [3.8, 4) is 12.3 Å². The molecule has 0 unspecified atom stereocenters. The second kappa shape index (κ2) is 4.06. The molecule has 0 fully saturated rings. The molecule has 0 aliphatic rings. The second-order valence-corrected chi connectivity index (χ2v) is 3.44. The average Bonchev–Trinajstić information content (AvgIpc) is 2.17. The number of nitrogens with one attached hydrogen (secondary N) is 1. The zero-order chi connectivity index (χ0) is 9.73. The zero-order valence-electron chi connectivity index (χ0n) is 8.04. The molecule has 0 saturated carbocycles. The lowest BCUT2D eigenvalue weighted by molar-refractivity contribution is 0.486. The van der Waals surface area contributed by atoms with Gasteiger partial charge in [-0.2, -0.15) is 0 Å². The monoisotopic (exact) mass is 174 g/mol. The van der Waals surface area contributed by atoms with Gasteiger partial charge in [0.1, 0.15) is 0 Å². The third-order valence-corrected chi connectivity index (χ3v) is 1.80. The molecule has 0 spiro atoms. The SMILES string of the molecule is C#CC(C)(C)NCc1ccccn1. The van der Waals surface area contributed by atoms with E-state index in [1.54, 1.807) is 6.20 Å². The highest BCUT2D eigenvalue weighted by Crippen LogP contribution is 2.01. The van der Waals surface area contributed by atoms with Crippen LogP contribution in [0.3, 0.4) is 0 Å². The van der Waals surface area contributed by atoms with Crippen molar-refractivity contribution in [2.45, 2.75) is 25.9 Å². The average molecular weight is 174 g/mol. The molecule has 2 nitrogen and oxygen atoms in total. The maximum absolute atomic E-state index is 5.34. The van der Waals surface area contributed by atoms with E-state index in [9.17, 15) is 0 Å². The number of hydrogen-bond donors (Lipinski definition) is 1. The van der Waals surface area contributed by atoms with E-state index in [1.807, 2.05) is 32.0 Å². The summed E-state index contributed by atoms with van der Waals surface area (Å²) in [5.41, 5.74) is 0.739. The summed E-state index contributed by atoms with van der Waals surface area (Å²) in [6.07, 6.45) is 7.12. The van der Waals surface area contributed by atoms with Crippen molar-refractivity contribution in [1.82, 2.24) is 10.3 Å². The van der Waals surface area contributed by atoms with Crippen LogP contribution >= 0.6 is 0 Å². The Hall–Kier alpha value is -1.33. The van der Waals surface area contributed by atoms with Crippen LogP contribution in [-0.2, 0) is 6.54 Å². The summed E-state index contributed by atoms with van der Waals surface area (Å²) in [5.74, 6) is 2.67. The lowest BCUT2D eigenvalue weighted by Crippen LogP contribution is -2.37. The Labute approximate surface area is 79.4 Å². The molecule has 0 atom stereocenters. The first kappa shape index (κ1) is 9.76. The van der Waals surface area contributed by atoms with Gasteiger partial charge in [0.25, 0.3) is 0 Å². The minimum Gasteiger partial charge on any atom is -0.296 e. The Bertz CT molecular complexity index is 296. The number of aromatic nitrogens is 1. The number of terminal acetylenes is 1. The van der Waals surface area contributed by atoms with Gasteiger partial charge >= 0.3 is 0 Å². The van der Waals surface area contributed by atoms with E-state index in [0.717, 1.165) is 5.69 Å². The summed E-state index contributed by atoms with van der Waals surface area (Å²) in [6.45, 7) is 4.64. The number of rotatable bonds is 3. The van der Waals surface area contributed by atoms with Crippen LogP contribution in [0.25, 0.3) is 0 Å². The van der Waals surface area contributed by atoms with Crippen molar-refractivity contribution in [1.29, 1.82) is 0 Å². The summed E-state index contributed by atoms with van der Waals surface area (Å²) in [7, 11) is 0. The molecule has 0 bridgehead atoms. The van der Waals surface area contributed by atoms with Gasteiger partial charge in [-0.1, -0.05) is 12.0 Å². The lowest BCUT2D eigenvalue weighted by Gasteiger charge is -2.18. The lowest BCUT2D eigenvalue weighted by atomic mass is 10.1. The quantitative estimate of drug-likeness (QED) is 0.704. The van der Waals surface area contributed by atoms with Gasteiger partial charge in [0.2, 0.25) is 0 Å². The summed E-state index contributed by atoms with van der Waals surface area (Å²) >= 11 is 0. The van der Waals surface area contributed by atoms with Crippen LogP contribution in [0, 0.1) is 12.3 Å². The van der Waals surface area contributed by atoms with Crippen LogP contribution in [0.4, 0.5) is 0 Å². The fourth-order valence-electron chi connectivity index (χ4n) is 0.865. The van der Waals surface area contributed by atoms with Gasteiger partial charge in [-0.3, -0.25) is 10.3 Å². The predicted molar refractivity (Wildman–Crippen MR) is 54.0 cm³/mol. The van der Waals surface area contributed by atoms with Crippen LogP contribution in [-0.4, -0.2) is 10.5 Å². The highest BCUT2D eigenvalue weighted by molar-refractivity contribution is 5.10. The molecule has 1 aromatic rings. The molecular weight excluding hydrogens is 160 g/mol.